The lowest BCUT2D eigenvalue weighted by Gasteiger charge is -2.41. The first-order valence-corrected chi connectivity index (χ1v) is 12.3. The molecule has 39 heavy (non-hydrogen) atoms. The van der Waals surface area contributed by atoms with Gasteiger partial charge in [0.15, 0.2) is 5.78 Å². The third-order valence-electron chi connectivity index (χ3n) is 7.28. The van der Waals surface area contributed by atoms with Crippen molar-refractivity contribution in [3.8, 4) is 5.75 Å². The van der Waals surface area contributed by atoms with Crippen LogP contribution in [-0.2, 0) is 4.74 Å². The summed E-state index contributed by atoms with van der Waals surface area (Å²) in [5.41, 5.74) is 3.20. The lowest BCUT2D eigenvalue weighted by atomic mass is 9.84. The summed E-state index contributed by atoms with van der Waals surface area (Å²) in [7, 11) is 2.90. The Hall–Kier alpha value is -3.71. The van der Waals surface area contributed by atoms with Crippen LogP contribution in [0.25, 0.3) is 0 Å². The average molecular weight is 545 g/mol. The summed E-state index contributed by atoms with van der Waals surface area (Å²) >= 11 is 0. The van der Waals surface area contributed by atoms with Crippen LogP contribution >= 0.6 is 0 Å². The van der Waals surface area contributed by atoms with Gasteiger partial charge in [-0.05, 0) is 44.5 Å². The molecule has 0 saturated heterocycles. The van der Waals surface area contributed by atoms with Crippen LogP contribution in [0.1, 0.15) is 40.1 Å². The number of rotatable bonds is 8. The molecule has 0 spiro atoms. The zero-order chi connectivity index (χ0) is 29.3. The van der Waals surface area contributed by atoms with Gasteiger partial charge in [0, 0.05) is 25.3 Å². The number of anilines is 1. The van der Waals surface area contributed by atoms with Gasteiger partial charge in [0.2, 0.25) is 0 Å². The SMILES string of the molecule is CC(=O)c1cccc(N[C@H]2[C@H](N)[C@@](NC(=O)N(C)C)([C@H](C)O)[C@@H](O)[C@@]2(O)COC(=O)c2c(C)cccc2O)c1. The summed E-state index contributed by atoms with van der Waals surface area (Å²) in [4.78, 5) is 38.7. The molecule has 0 radical (unpaired) electrons. The van der Waals surface area contributed by atoms with Crippen molar-refractivity contribution in [1.29, 1.82) is 0 Å². The van der Waals surface area contributed by atoms with E-state index in [1.165, 1.54) is 45.0 Å². The van der Waals surface area contributed by atoms with Crippen LogP contribution < -0.4 is 16.4 Å². The number of nitrogens with zero attached hydrogens (tertiary/aromatic N) is 1. The van der Waals surface area contributed by atoms with E-state index in [1.54, 1.807) is 37.3 Å². The van der Waals surface area contributed by atoms with E-state index < -0.39 is 54.0 Å². The third kappa shape index (κ3) is 5.41. The fraction of sp³-hybridized carbons (Fsp3) is 0.444. The molecule has 0 heterocycles. The number of hydrogen-bond donors (Lipinski definition) is 7. The first-order valence-electron chi connectivity index (χ1n) is 12.3. The second kappa shape index (κ2) is 11.2. The van der Waals surface area contributed by atoms with Crippen molar-refractivity contribution in [3.63, 3.8) is 0 Å². The summed E-state index contributed by atoms with van der Waals surface area (Å²) < 4.78 is 5.39. The van der Waals surface area contributed by atoms with Gasteiger partial charge in [-0.15, -0.1) is 0 Å². The number of Topliss-reactive ketones (excluding diaryl/α,β-unsaturated/α-hetero) is 1. The molecule has 1 aliphatic carbocycles. The summed E-state index contributed by atoms with van der Waals surface area (Å²) in [5.74, 6) is -1.51. The van der Waals surface area contributed by atoms with Crippen LogP contribution in [0.2, 0.25) is 0 Å². The van der Waals surface area contributed by atoms with E-state index >= 15 is 0 Å². The molecule has 6 atom stereocenters. The van der Waals surface area contributed by atoms with Gasteiger partial charge in [-0.1, -0.05) is 24.3 Å². The van der Waals surface area contributed by atoms with Gasteiger partial charge in [0.25, 0.3) is 0 Å². The lowest BCUT2D eigenvalue weighted by Crippen LogP contribution is -2.71. The molecule has 8 N–H and O–H groups in total. The lowest BCUT2D eigenvalue weighted by molar-refractivity contribution is -0.125. The molecule has 0 bridgehead atoms. The fourth-order valence-corrected chi connectivity index (χ4v) is 4.97. The monoisotopic (exact) mass is 544 g/mol. The summed E-state index contributed by atoms with van der Waals surface area (Å²) in [6.07, 6.45) is -3.43. The standard InChI is InChI=1S/C27H36N4O8/c1-14-8-6-11-19(34)20(14)23(35)39-13-26(38)22(29-18-10-7-9-17(12-18)15(2)32)21(28)27(16(3)33,24(26)36)30-25(37)31(4)5/h6-12,16,21-22,24,29,33-34,36,38H,13,28H2,1-5H3,(H,30,37)/t16-,21-,22-,24-,26+,27-/m0/s1. The number of esters is 1. The molecule has 0 aromatic heterocycles. The van der Waals surface area contributed by atoms with Gasteiger partial charge in [-0.3, -0.25) is 4.79 Å². The minimum atomic E-state index is -2.36. The quantitative estimate of drug-likeness (QED) is 0.180. The van der Waals surface area contributed by atoms with Crippen molar-refractivity contribution >= 4 is 23.5 Å². The summed E-state index contributed by atoms with van der Waals surface area (Å²) in [6.45, 7) is 3.45. The summed E-state index contributed by atoms with van der Waals surface area (Å²) in [5, 5.41) is 50.1. The molecular formula is C27H36N4O8. The van der Waals surface area contributed by atoms with Crippen LogP contribution in [0.5, 0.6) is 5.75 Å². The Morgan fingerprint density at radius 3 is 2.38 bits per heavy atom. The van der Waals surface area contributed by atoms with Crippen LogP contribution in [0.4, 0.5) is 10.5 Å². The number of phenols is 1. The van der Waals surface area contributed by atoms with E-state index in [0.717, 1.165) is 0 Å². The van der Waals surface area contributed by atoms with E-state index in [2.05, 4.69) is 10.6 Å². The van der Waals surface area contributed by atoms with Gasteiger partial charge in [0.1, 0.15) is 35.2 Å². The third-order valence-corrected chi connectivity index (χ3v) is 7.28. The van der Waals surface area contributed by atoms with Crippen molar-refractivity contribution < 1.29 is 39.5 Å². The highest BCUT2D eigenvalue weighted by Crippen LogP contribution is 2.42. The number of ether oxygens (including phenoxy) is 1. The van der Waals surface area contributed by atoms with Crippen LogP contribution in [0, 0.1) is 6.92 Å². The molecule has 1 saturated carbocycles. The number of aromatic hydroxyl groups is 1. The molecular weight excluding hydrogens is 508 g/mol. The van der Waals surface area contributed by atoms with E-state index in [0.29, 0.717) is 16.8 Å². The second-order valence-electron chi connectivity index (χ2n) is 10.2. The minimum absolute atomic E-state index is 0.126. The van der Waals surface area contributed by atoms with Gasteiger partial charge in [0.05, 0.1) is 18.2 Å². The number of phenolic OH excluding ortho intramolecular Hbond substituents is 1. The molecule has 3 rings (SSSR count). The highest BCUT2D eigenvalue weighted by molar-refractivity contribution is 5.95. The second-order valence-corrected chi connectivity index (χ2v) is 10.2. The van der Waals surface area contributed by atoms with E-state index in [1.807, 2.05) is 0 Å². The molecule has 2 amide bonds. The van der Waals surface area contributed by atoms with Gasteiger partial charge < -0.3 is 46.4 Å². The Morgan fingerprint density at radius 1 is 1.18 bits per heavy atom. The predicted octanol–water partition coefficient (Wildman–Crippen LogP) is 0.364. The predicted molar refractivity (Wildman–Crippen MR) is 143 cm³/mol. The van der Waals surface area contributed by atoms with Gasteiger partial charge >= 0.3 is 12.0 Å². The number of carbonyl (C=O) groups excluding carboxylic acids is 3. The van der Waals surface area contributed by atoms with Crippen molar-refractivity contribution in [3.05, 3.63) is 59.2 Å². The van der Waals surface area contributed by atoms with Crippen molar-refractivity contribution in [1.82, 2.24) is 10.2 Å². The maximum Gasteiger partial charge on any atom is 0.342 e. The molecule has 1 fully saturated rings. The highest BCUT2D eigenvalue weighted by atomic mass is 16.5. The number of benzene rings is 2. The molecule has 0 aliphatic heterocycles. The van der Waals surface area contributed by atoms with Gasteiger partial charge in [-0.2, -0.15) is 0 Å². The van der Waals surface area contributed by atoms with Crippen LogP contribution in [0.15, 0.2) is 42.5 Å². The number of amides is 2. The number of aliphatic hydroxyl groups is 3. The van der Waals surface area contributed by atoms with Crippen molar-refractivity contribution in [2.45, 2.75) is 56.2 Å². The Labute approximate surface area is 226 Å². The molecule has 2 aromatic carbocycles. The van der Waals surface area contributed by atoms with Gasteiger partial charge in [-0.25, -0.2) is 9.59 Å². The smallest absolute Gasteiger partial charge is 0.342 e. The van der Waals surface area contributed by atoms with E-state index in [9.17, 15) is 34.8 Å². The van der Waals surface area contributed by atoms with Crippen molar-refractivity contribution in [2.75, 3.05) is 26.0 Å². The number of urea groups is 1. The Balaban J connectivity index is 2.07. The maximum absolute atomic E-state index is 12.9. The Bertz CT molecular complexity index is 1230. The first kappa shape index (κ1) is 29.8. The number of aryl methyl sites for hydroxylation is 1. The zero-order valence-corrected chi connectivity index (χ0v) is 22.5. The maximum atomic E-state index is 12.9. The Kier molecular flexibility index (Phi) is 8.56. The summed E-state index contributed by atoms with van der Waals surface area (Å²) in [6, 6.07) is 7.40. The van der Waals surface area contributed by atoms with Crippen LogP contribution in [-0.4, -0.2) is 99.2 Å². The topological polar surface area (TPSA) is 195 Å². The number of carbonyl (C=O) groups is 3. The van der Waals surface area contributed by atoms with Crippen molar-refractivity contribution in [2.24, 2.45) is 5.73 Å². The number of aliphatic hydroxyl groups excluding tert-OH is 2. The molecule has 12 heteroatoms. The number of nitrogens with two attached hydrogens (primary N) is 1. The number of hydrogen-bond acceptors (Lipinski definition) is 10. The number of nitrogens with one attached hydrogen (secondary N) is 2. The fourth-order valence-electron chi connectivity index (χ4n) is 4.97. The Morgan fingerprint density at radius 2 is 1.82 bits per heavy atom. The molecule has 1 aliphatic rings. The minimum Gasteiger partial charge on any atom is -0.507 e. The molecule has 0 unspecified atom stereocenters. The molecule has 12 nitrogen and oxygen atoms in total. The normalized spacial score (nSPS) is 26.9. The van der Waals surface area contributed by atoms with E-state index in [-0.39, 0.29) is 17.1 Å². The molecule has 2 aromatic rings. The van der Waals surface area contributed by atoms with Crippen LogP contribution in [0.3, 0.4) is 0 Å². The number of ketones is 1. The molecule has 212 valence electrons. The van der Waals surface area contributed by atoms with E-state index in [4.69, 9.17) is 10.5 Å². The zero-order valence-electron chi connectivity index (χ0n) is 22.5. The average Bonchev–Trinajstić information content (AvgIpc) is 3.02. The highest BCUT2D eigenvalue weighted by Gasteiger charge is 2.69. The first-order chi connectivity index (χ1) is 18.2. The largest absolute Gasteiger partial charge is 0.507 e.